The van der Waals surface area contributed by atoms with Crippen molar-refractivity contribution >= 4 is 0 Å². The second-order valence-corrected chi connectivity index (χ2v) is 3.51. The van der Waals surface area contributed by atoms with Crippen LogP contribution in [0.25, 0.3) is 0 Å². The van der Waals surface area contributed by atoms with Crippen molar-refractivity contribution < 1.29 is 0 Å². The van der Waals surface area contributed by atoms with E-state index in [2.05, 4.69) is 38.0 Å². The lowest BCUT2D eigenvalue weighted by Gasteiger charge is -2.16. The van der Waals surface area contributed by atoms with E-state index >= 15 is 0 Å². The van der Waals surface area contributed by atoms with E-state index in [4.69, 9.17) is 0 Å². The van der Waals surface area contributed by atoms with Gasteiger partial charge in [0.2, 0.25) is 0 Å². The lowest BCUT2D eigenvalue weighted by atomic mass is 10.3. The van der Waals surface area contributed by atoms with Crippen LogP contribution in [-0.2, 0) is 0 Å². The lowest BCUT2D eigenvalue weighted by Crippen LogP contribution is -2.43. The molecule has 0 spiro atoms. The van der Waals surface area contributed by atoms with Crippen molar-refractivity contribution in [3.8, 4) is 0 Å². The predicted molar refractivity (Wildman–Crippen MR) is 55.4 cm³/mol. The summed E-state index contributed by atoms with van der Waals surface area (Å²) in [6.07, 6.45) is 5.19. The normalized spacial score (nSPS) is 11.5. The number of hydrazine groups is 1. The van der Waals surface area contributed by atoms with Gasteiger partial charge in [0.15, 0.2) is 0 Å². The van der Waals surface area contributed by atoms with Crippen LogP contribution in [0.2, 0.25) is 0 Å². The number of rotatable bonds is 7. The first kappa shape index (κ1) is 11.9. The maximum absolute atomic E-state index is 2.42. The van der Waals surface area contributed by atoms with E-state index in [0.717, 1.165) is 0 Å². The summed E-state index contributed by atoms with van der Waals surface area (Å²) < 4.78 is 0. The average molecular weight is 172 g/mol. The Bertz CT molecular complexity index is 83.8. The number of hydrogen-bond donors (Lipinski definition) is 0. The van der Waals surface area contributed by atoms with Gasteiger partial charge in [0.05, 0.1) is 0 Å². The van der Waals surface area contributed by atoms with Crippen LogP contribution < -0.4 is 5.01 Å². The van der Waals surface area contributed by atoms with Crippen LogP contribution >= 0.6 is 0 Å². The molecule has 12 heavy (non-hydrogen) atoms. The molecule has 0 saturated carbocycles. The van der Waals surface area contributed by atoms with E-state index in [1.54, 1.807) is 0 Å². The molecular weight excluding hydrogens is 148 g/mol. The van der Waals surface area contributed by atoms with Gasteiger partial charge in [-0.15, -0.1) is 5.01 Å². The third kappa shape index (κ3) is 5.56. The number of hydrogen-bond acceptors (Lipinski definition) is 2. The standard InChI is InChI=1S/C10H24N2/c1-5-7-9-12(11(3)4)10-8-6-2/h5-10H2,1-4H3/q+1. The van der Waals surface area contributed by atoms with Crippen molar-refractivity contribution in [2.45, 2.75) is 39.5 Å². The monoisotopic (exact) mass is 172 g/mol. The molecule has 0 fully saturated rings. The zero-order chi connectivity index (χ0) is 9.40. The van der Waals surface area contributed by atoms with Gasteiger partial charge < -0.3 is 0 Å². The summed E-state index contributed by atoms with van der Waals surface area (Å²) in [6, 6.07) is 0. The maximum Gasteiger partial charge on any atom is 0.144 e. The summed E-state index contributed by atoms with van der Waals surface area (Å²) in [7, 11) is 4.26. The molecule has 0 aliphatic heterocycles. The molecule has 2 nitrogen and oxygen atoms in total. The first-order chi connectivity index (χ1) is 5.72. The zero-order valence-corrected chi connectivity index (χ0v) is 9.14. The van der Waals surface area contributed by atoms with Gasteiger partial charge in [0, 0.05) is 26.9 Å². The largest absolute Gasteiger partial charge is 0.144 e. The van der Waals surface area contributed by atoms with E-state index in [-0.39, 0.29) is 0 Å². The van der Waals surface area contributed by atoms with Crippen LogP contribution in [0.4, 0.5) is 0 Å². The summed E-state index contributed by atoms with van der Waals surface area (Å²) >= 11 is 0. The molecule has 0 rings (SSSR count). The summed E-state index contributed by atoms with van der Waals surface area (Å²) in [6.45, 7) is 6.91. The number of nitrogens with zero attached hydrogens (tertiary/aromatic N) is 2. The molecule has 0 aromatic rings. The molecule has 0 heterocycles. The van der Waals surface area contributed by atoms with Crippen molar-refractivity contribution in [2.24, 2.45) is 0 Å². The highest BCUT2D eigenvalue weighted by Crippen LogP contribution is 1.96. The molecule has 0 saturated heterocycles. The fraction of sp³-hybridized carbons (Fsp3) is 1.00. The van der Waals surface area contributed by atoms with Crippen molar-refractivity contribution in [3.05, 3.63) is 0 Å². The summed E-state index contributed by atoms with van der Waals surface area (Å²) in [5, 5.41) is 4.64. The van der Waals surface area contributed by atoms with Gasteiger partial charge in [0.1, 0.15) is 13.1 Å². The molecular formula is C10H24N2+. The minimum atomic E-state index is 1.21. The molecule has 0 aliphatic rings. The molecule has 73 valence electrons. The van der Waals surface area contributed by atoms with Gasteiger partial charge in [-0.25, -0.2) is 0 Å². The van der Waals surface area contributed by atoms with Gasteiger partial charge in [-0.1, -0.05) is 31.7 Å². The Morgan fingerprint density at radius 3 is 1.58 bits per heavy atom. The van der Waals surface area contributed by atoms with Crippen LogP contribution in [0.5, 0.6) is 0 Å². The smallest absolute Gasteiger partial charge is 0.112 e. The van der Waals surface area contributed by atoms with E-state index in [9.17, 15) is 0 Å². The highest BCUT2D eigenvalue weighted by Gasteiger charge is 2.15. The van der Waals surface area contributed by atoms with Crippen LogP contribution in [0, 0.1) is 0 Å². The molecule has 0 aromatic heterocycles. The van der Waals surface area contributed by atoms with Crippen LogP contribution in [-0.4, -0.2) is 32.2 Å². The minimum absolute atomic E-state index is 1.21. The Balaban J connectivity index is 3.55. The Kier molecular flexibility index (Phi) is 7.51. The molecule has 0 aromatic carbocycles. The lowest BCUT2D eigenvalue weighted by molar-refractivity contribution is 0.127. The van der Waals surface area contributed by atoms with Gasteiger partial charge in [-0.2, -0.15) is 0 Å². The third-order valence-corrected chi connectivity index (χ3v) is 2.11. The summed E-state index contributed by atoms with van der Waals surface area (Å²) in [5.74, 6) is 0. The van der Waals surface area contributed by atoms with E-state index in [0.29, 0.717) is 0 Å². The molecule has 2 heteroatoms. The summed E-state index contributed by atoms with van der Waals surface area (Å²) in [5.41, 5.74) is 0. The average Bonchev–Trinajstić information content (AvgIpc) is 2.04. The highest BCUT2D eigenvalue weighted by molar-refractivity contribution is 4.57. The Morgan fingerprint density at radius 1 is 0.917 bits per heavy atom. The Morgan fingerprint density at radius 2 is 1.33 bits per heavy atom. The molecule has 0 N–H and O–H groups in total. The topological polar surface area (TPSA) is 9.14 Å². The van der Waals surface area contributed by atoms with Crippen LogP contribution in [0.15, 0.2) is 0 Å². The second-order valence-electron chi connectivity index (χ2n) is 3.51. The second kappa shape index (κ2) is 7.56. The SMILES string of the molecule is CCCC[N+](CCCC)N(C)C. The predicted octanol–water partition coefficient (Wildman–Crippen LogP) is 2.20. The maximum atomic E-state index is 2.42. The van der Waals surface area contributed by atoms with Crippen molar-refractivity contribution in [2.75, 3.05) is 27.2 Å². The van der Waals surface area contributed by atoms with E-state index in [1.165, 1.54) is 38.8 Å². The molecule has 0 aliphatic carbocycles. The van der Waals surface area contributed by atoms with Crippen molar-refractivity contribution in [1.82, 2.24) is 10.0 Å². The van der Waals surface area contributed by atoms with Gasteiger partial charge in [-0.05, 0) is 0 Å². The Labute approximate surface area is 77.5 Å². The summed E-state index contributed by atoms with van der Waals surface area (Å²) in [4.78, 5) is 0. The zero-order valence-electron chi connectivity index (χ0n) is 9.14. The minimum Gasteiger partial charge on any atom is -0.112 e. The van der Waals surface area contributed by atoms with Gasteiger partial charge >= 0.3 is 0 Å². The van der Waals surface area contributed by atoms with Crippen molar-refractivity contribution in [3.63, 3.8) is 0 Å². The van der Waals surface area contributed by atoms with E-state index < -0.39 is 0 Å². The first-order valence-electron chi connectivity index (χ1n) is 5.14. The highest BCUT2D eigenvalue weighted by atomic mass is 15.6. The molecule has 0 bridgehead atoms. The molecule has 0 unspecified atom stereocenters. The van der Waals surface area contributed by atoms with Crippen LogP contribution in [0.1, 0.15) is 39.5 Å². The first-order valence-corrected chi connectivity index (χ1v) is 5.14. The van der Waals surface area contributed by atoms with Gasteiger partial charge in [-0.3, -0.25) is 0 Å². The van der Waals surface area contributed by atoms with E-state index in [1.807, 2.05) is 0 Å². The quantitative estimate of drug-likeness (QED) is 0.422. The molecule has 0 atom stereocenters. The van der Waals surface area contributed by atoms with Gasteiger partial charge in [0.25, 0.3) is 0 Å². The fourth-order valence-electron chi connectivity index (χ4n) is 1.19. The number of unbranched alkanes of at least 4 members (excludes halogenated alkanes) is 2. The Hall–Kier alpha value is -0.0800. The molecule has 0 amide bonds. The fourth-order valence-corrected chi connectivity index (χ4v) is 1.19. The third-order valence-electron chi connectivity index (χ3n) is 2.11. The molecule has 1 radical (unpaired) electrons. The van der Waals surface area contributed by atoms with Crippen molar-refractivity contribution in [1.29, 1.82) is 0 Å². The van der Waals surface area contributed by atoms with Crippen LogP contribution in [0.3, 0.4) is 0 Å².